The lowest BCUT2D eigenvalue weighted by molar-refractivity contribution is 0.206. The molecule has 2 aromatic carbocycles. The highest BCUT2D eigenvalue weighted by Crippen LogP contribution is 2.37. The maximum atomic E-state index is 14.6. The zero-order valence-corrected chi connectivity index (χ0v) is 16.3. The van der Waals surface area contributed by atoms with Gasteiger partial charge < -0.3 is 0 Å². The van der Waals surface area contributed by atoms with Gasteiger partial charge in [0.15, 0.2) is 0 Å². The van der Waals surface area contributed by atoms with Crippen LogP contribution in [-0.2, 0) is 6.42 Å². The van der Waals surface area contributed by atoms with Crippen LogP contribution in [0.1, 0.15) is 57.9 Å². The van der Waals surface area contributed by atoms with Crippen LogP contribution in [0.25, 0.3) is 11.1 Å². The Kier molecular flexibility index (Phi) is 6.62. The standard InChI is InChI=1S/C24H29F3/c1-3-4-17-5-7-19(8-6-17)16(2)13-18-14-22(26)24(23(27)15-18)20-9-11-21(25)12-10-20/h9-12,14-17,19H,3-8,13H2,1-2H3. The third-order valence-corrected chi connectivity index (χ3v) is 6.19. The fourth-order valence-corrected chi connectivity index (χ4v) is 4.63. The molecule has 0 aliphatic heterocycles. The lowest BCUT2D eigenvalue weighted by Gasteiger charge is -2.32. The van der Waals surface area contributed by atoms with E-state index in [9.17, 15) is 13.2 Å². The van der Waals surface area contributed by atoms with Gasteiger partial charge in [-0.2, -0.15) is 0 Å². The quantitative estimate of drug-likeness (QED) is 0.489. The largest absolute Gasteiger partial charge is 0.207 e. The molecule has 0 amide bonds. The van der Waals surface area contributed by atoms with Gasteiger partial charge in [0.25, 0.3) is 0 Å². The van der Waals surface area contributed by atoms with E-state index in [1.165, 1.54) is 74.9 Å². The Balaban J connectivity index is 1.68. The van der Waals surface area contributed by atoms with Crippen LogP contribution < -0.4 is 0 Å². The van der Waals surface area contributed by atoms with Gasteiger partial charge in [-0.05, 0) is 72.4 Å². The topological polar surface area (TPSA) is 0 Å². The van der Waals surface area contributed by atoms with Crippen molar-refractivity contribution in [3.63, 3.8) is 0 Å². The molecule has 0 N–H and O–H groups in total. The average Bonchev–Trinajstić information content (AvgIpc) is 2.63. The number of rotatable bonds is 6. The van der Waals surface area contributed by atoms with Gasteiger partial charge in [-0.3, -0.25) is 0 Å². The molecule has 2 aromatic rings. The molecule has 0 aromatic heterocycles. The summed E-state index contributed by atoms with van der Waals surface area (Å²) < 4.78 is 42.3. The zero-order chi connectivity index (χ0) is 19.4. The van der Waals surface area contributed by atoms with Crippen LogP contribution in [0.3, 0.4) is 0 Å². The lowest BCUT2D eigenvalue weighted by atomic mass is 9.73. The van der Waals surface area contributed by atoms with Gasteiger partial charge in [-0.1, -0.05) is 51.7 Å². The number of halogens is 3. The highest BCUT2D eigenvalue weighted by Gasteiger charge is 2.25. The average molecular weight is 374 g/mol. The molecule has 0 radical (unpaired) electrons. The predicted molar refractivity (Wildman–Crippen MR) is 105 cm³/mol. The summed E-state index contributed by atoms with van der Waals surface area (Å²) in [5, 5.41) is 0. The second kappa shape index (κ2) is 8.95. The third-order valence-electron chi connectivity index (χ3n) is 6.19. The fourth-order valence-electron chi connectivity index (χ4n) is 4.63. The van der Waals surface area contributed by atoms with Crippen LogP contribution in [0.5, 0.6) is 0 Å². The summed E-state index contributed by atoms with van der Waals surface area (Å²) in [5.41, 5.74) is 0.991. The highest BCUT2D eigenvalue weighted by molar-refractivity contribution is 5.65. The van der Waals surface area contributed by atoms with Crippen LogP contribution in [-0.4, -0.2) is 0 Å². The van der Waals surface area contributed by atoms with Gasteiger partial charge in [0.1, 0.15) is 17.5 Å². The molecule has 1 aliphatic rings. The predicted octanol–water partition coefficient (Wildman–Crippen LogP) is 7.56. The number of benzene rings is 2. The van der Waals surface area contributed by atoms with Gasteiger partial charge in [-0.25, -0.2) is 13.2 Å². The van der Waals surface area contributed by atoms with Crippen LogP contribution in [0, 0.1) is 35.2 Å². The zero-order valence-electron chi connectivity index (χ0n) is 16.3. The first-order valence-corrected chi connectivity index (χ1v) is 10.2. The van der Waals surface area contributed by atoms with Crippen molar-refractivity contribution in [3.8, 4) is 11.1 Å². The van der Waals surface area contributed by atoms with Crippen LogP contribution in [0.4, 0.5) is 13.2 Å². The second-order valence-corrected chi connectivity index (χ2v) is 8.19. The molecular formula is C24H29F3. The first-order valence-electron chi connectivity index (χ1n) is 10.2. The molecule has 0 saturated heterocycles. The van der Waals surface area contributed by atoms with Gasteiger partial charge in [0.2, 0.25) is 0 Å². The lowest BCUT2D eigenvalue weighted by Crippen LogP contribution is -2.21. The van der Waals surface area contributed by atoms with E-state index in [0.29, 0.717) is 29.4 Å². The van der Waals surface area contributed by atoms with Crippen molar-refractivity contribution in [2.75, 3.05) is 0 Å². The van der Waals surface area contributed by atoms with E-state index in [-0.39, 0.29) is 5.56 Å². The molecular weight excluding hydrogens is 345 g/mol. The molecule has 1 saturated carbocycles. The Hall–Kier alpha value is -1.77. The highest BCUT2D eigenvalue weighted by atomic mass is 19.1. The molecule has 0 heterocycles. The minimum Gasteiger partial charge on any atom is -0.207 e. The number of hydrogen-bond acceptors (Lipinski definition) is 0. The summed E-state index contributed by atoms with van der Waals surface area (Å²) in [5.74, 6) is 0.358. The molecule has 1 fully saturated rings. The summed E-state index contributed by atoms with van der Waals surface area (Å²) in [7, 11) is 0. The molecule has 0 bridgehead atoms. The normalized spacial score (nSPS) is 21.2. The van der Waals surface area contributed by atoms with Crippen molar-refractivity contribution >= 4 is 0 Å². The minimum atomic E-state index is -0.574. The molecule has 3 rings (SSSR count). The summed E-state index contributed by atoms with van der Waals surface area (Å²) in [6.45, 7) is 4.45. The summed E-state index contributed by atoms with van der Waals surface area (Å²) in [4.78, 5) is 0. The molecule has 1 atom stereocenters. The van der Waals surface area contributed by atoms with Crippen LogP contribution in [0.2, 0.25) is 0 Å². The van der Waals surface area contributed by atoms with E-state index in [1.807, 2.05) is 0 Å². The van der Waals surface area contributed by atoms with E-state index >= 15 is 0 Å². The van der Waals surface area contributed by atoms with Gasteiger partial charge >= 0.3 is 0 Å². The first kappa shape index (κ1) is 20.0. The monoisotopic (exact) mass is 374 g/mol. The first-order chi connectivity index (χ1) is 13.0. The summed E-state index contributed by atoms with van der Waals surface area (Å²) >= 11 is 0. The second-order valence-electron chi connectivity index (χ2n) is 8.19. The summed E-state index contributed by atoms with van der Waals surface area (Å²) in [6, 6.07) is 8.15. The third kappa shape index (κ3) is 4.94. The molecule has 1 aliphatic carbocycles. The van der Waals surface area contributed by atoms with E-state index in [1.54, 1.807) is 0 Å². The molecule has 1 unspecified atom stereocenters. The van der Waals surface area contributed by atoms with Crippen molar-refractivity contribution in [1.82, 2.24) is 0 Å². The van der Waals surface area contributed by atoms with Gasteiger partial charge in [-0.15, -0.1) is 0 Å². The Bertz CT molecular complexity index is 720. The Morgan fingerprint density at radius 3 is 2.07 bits per heavy atom. The van der Waals surface area contributed by atoms with Crippen molar-refractivity contribution in [2.24, 2.45) is 17.8 Å². The molecule has 27 heavy (non-hydrogen) atoms. The van der Waals surface area contributed by atoms with Gasteiger partial charge in [0.05, 0.1) is 5.56 Å². The SMILES string of the molecule is CCCC1CCC(C(C)Cc2cc(F)c(-c3ccc(F)cc3)c(F)c2)CC1. The Morgan fingerprint density at radius 1 is 0.926 bits per heavy atom. The Morgan fingerprint density at radius 2 is 1.52 bits per heavy atom. The number of hydrogen-bond donors (Lipinski definition) is 0. The van der Waals surface area contributed by atoms with Gasteiger partial charge in [0, 0.05) is 0 Å². The van der Waals surface area contributed by atoms with E-state index in [4.69, 9.17) is 0 Å². The van der Waals surface area contributed by atoms with Crippen molar-refractivity contribution in [1.29, 1.82) is 0 Å². The Labute approximate surface area is 160 Å². The van der Waals surface area contributed by atoms with E-state index in [0.717, 1.165) is 5.92 Å². The smallest absolute Gasteiger partial charge is 0.134 e. The van der Waals surface area contributed by atoms with Crippen molar-refractivity contribution in [3.05, 3.63) is 59.4 Å². The fraction of sp³-hybridized carbons (Fsp3) is 0.500. The maximum Gasteiger partial charge on any atom is 0.134 e. The van der Waals surface area contributed by atoms with Crippen LogP contribution in [0.15, 0.2) is 36.4 Å². The molecule has 146 valence electrons. The van der Waals surface area contributed by atoms with E-state index < -0.39 is 17.5 Å². The van der Waals surface area contributed by atoms with E-state index in [2.05, 4.69) is 13.8 Å². The maximum absolute atomic E-state index is 14.6. The van der Waals surface area contributed by atoms with Crippen LogP contribution >= 0.6 is 0 Å². The summed E-state index contributed by atoms with van der Waals surface area (Å²) in [6.07, 6.45) is 8.30. The minimum absolute atomic E-state index is 0.0773. The van der Waals surface area contributed by atoms with Crippen molar-refractivity contribution < 1.29 is 13.2 Å². The molecule has 0 spiro atoms. The van der Waals surface area contributed by atoms with Crippen molar-refractivity contribution in [2.45, 2.75) is 58.8 Å². The molecule has 3 heteroatoms. The molecule has 0 nitrogen and oxygen atoms in total.